The normalized spacial score (nSPS) is 10.2. The van der Waals surface area contributed by atoms with Crippen molar-refractivity contribution < 1.29 is 4.79 Å². The molecule has 0 unspecified atom stereocenters. The lowest BCUT2D eigenvalue weighted by Crippen LogP contribution is -2.07. The standard InChI is InChI=1S/C14H13Br2N3O/c1-9(20)19-12-4-2-3-11(6-12)17-8-14-13(16)5-10(15)7-18-14/h2-7,17H,8H2,1H3,(H,19,20). The molecule has 4 nitrogen and oxygen atoms in total. The number of aromatic nitrogens is 1. The number of benzene rings is 1. The molecule has 1 aromatic carbocycles. The fourth-order valence-electron chi connectivity index (χ4n) is 1.67. The van der Waals surface area contributed by atoms with Crippen molar-refractivity contribution in [2.24, 2.45) is 0 Å². The molecule has 0 spiro atoms. The highest BCUT2D eigenvalue weighted by atomic mass is 79.9. The van der Waals surface area contributed by atoms with Gasteiger partial charge in [0, 0.05) is 33.4 Å². The Hall–Kier alpha value is -1.40. The van der Waals surface area contributed by atoms with Gasteiger partial charge in [0.05, 0.1) is 12.2 Å². The highest BCUT2D eigenvalue weighted by Crippen LogP contribution is 2.21. The van der Waals surface area contributed by atoms with Crippen LogP contribution in [-0.4, -0.2) is 10.9 Å². The zero-order valence-electron chi connectivity index (χ0n) is 10.8. The van der Waals surface area contributed by atoms with Crippen LogP contribution in [0.3, 0.4) is 0 Å². The van der Waals surface area contributed by atoms with Crippen LogP contribution >= 0.6 is 31.9 Å². The number of amides is 1. The van der Waals surface area contributed by atoms with Crippen molar-refractivity contribution in [3.05, 3.63) is 51.2 Å². The van der Waals surface area contributed by atoms with Gasteiger partial charge in [0.2, 0.25) is 5.91 Å². The third kappa shape index (κ3) is 4.31. The first kappa shape index (κ1) is 15.0. The molecule has 0 radical (unpaired) electrons. The van der Waals surface area contributed by atoms with E-state index in [1.807, 2.05) is 30.3 Å². The lowest BCUT2D eigenvalue weighted by atomic mass is 10.2. The minimum atomic E-state index is -0.0838. The fourth-order valence-corrected chi connectivity index (χ4v) is 2.80. The number of hydrogen-bond donors (Lipinski definition) is 2. The van der Waals surface area contributed by atoms with Gasteiger partial charge in [0.1, 0.15) is 0 Å². The van der Waals surface area contributed by atoms with Crippen molar-refractivity contribution in [1.29, 1.82) is 0 Å². The van der Waals surface area contributed by atoms with Crippen LogP contribution < -0.4 is 10.6 Å². The molecule has 0 aliphatic heterocycles. The van der Waals surface area contributed by atoms with E-state index in [1.54, 1.807) is 6.20 Å². The van der Waals surface area contributed by atoms with Gasteiger partial charge in [-0.15, -0.1) is 0 Å². The van der Waals surface area contributed by atoms with Crippen LogP contribution in [0.15, 0.2) is 45.5 Å². The van der Waals surface area contributed by atoms with Crippen LogP contribution in [0.25, 0.3) is 0 Å². The van der Waals surface area contributed by atoms with E-state index in [9.17, 15) is 4.79 Å². The smallest absolute Gasteiger partial charge is 0.221 e. The Balaban J connectivity index is 2.05. The first-order valence-electron chi connectivity index (χ1n) is 5.96. The summed E-state index contributed by atoms with van der Waals surface area (Å²) in [6, 6.07) is 9.52. The summed E-state index contributed by atoms with van der Waals surface area (Å²) >= 11 is 6.85. The van der Waals surface area contributed by atoms with Crippen LogP contribution in [0.5, 0.6) is 0 Å². The summed E-state index contributed by atoms with van der Waals surface area (Å²) < 4.78 is 1.87. The number of pyridine rings is 1. The second-order valence-corrected chi connectivity index (χ2v) is 5.97. The zero-order chi connectivity index (χ0) is 14.5. The molecule has 0 bridgehead atoms. The maximum atomic E-state index is 11.0. The number of anilines is 2. The van der Waals surface area contributed by atoms with Crippen LogP contribution in [0.4, 0.5) is 11.4 Å². The topological polar surface area (TPSA) is 54.0 Å². The molecular weight excluding hydrogens is 386 g/mol. The molecule has 0 saturated heterocycles. The average Bonchev–Trinajstić information content (AvgIpc) is 2.37. The van der Waals surface area contributed by atoms with Gasteiger partial charge in [-0.1, -0.05) is 6.07 Å². The number of hydrogen-bond acceptors (Lipinski definition) is 3. The van der Waals surface area contributed by atoms with Gasteiger partial charge < -0.3 is 10.6 Å². The number of halogens is 2. The summed E-state index contributed by atoms with van der Waals surface area (Å²) in [4.78, 5) is 15.4. The molecule has 104 valence electrons. The van der Waals surface area contributed by atoms with Crippen molar-refractivity contribution in [3.63, 3.8) is 0 Å². The number of nitrogens with one attached hydrogen (secondary N) is 2. The van der Waals surface area contributed by atoms with E-state index in [0.717, 1.165) is 26.0 Å². The Morgan fingerprint density at radius 1 is 1.25 bits per heavy atom. The zero-order valence-corrected chi connectivity index (χ0v) is 14.0. The minimum absolute atomic E-state index is 0.0838. The van der Waals surface area contributed by atoms with Crippen molar-refractivity contribution in [2.45, 2.75) is 13.5 Å². The van der Waals surface area contributed by atoms with Crippen LogP contribution in [0.2, 0.25) is 0 Å². The van der Waals surface area contributed by atoms with Gasteiger partial charge in [0.25, 0.3) is 0 Å². The molecule has 2 rings (SSSR count). The van der Waals surface area contributed by atoms with Gasteiger partial charge in [-0.25, -0.2) is 0 Å². The van der Waals surface area contributed by atoms with Gasteiger partial charge >= 0.3 is 0 Å². The second kappa shape index (κ2) is 6.85. The van der Waals surface area contributed by atoms with E-state index in [2.05, 4.69) is 47.5 Å². The van der Waals surface area contributed by atoms with Crippen molar-refractivity contribution >= 4 is 49.1 Å². The monoisotopic (exact) mass is 397 g/mol. The van der Waals surface area contributed by atoms with Crippen molar-refractivity contribution in [3.8, 4) is 0 Å². The predicted octanol–water partition coefficient (Wildman–Crippen LogP) is 4.18. The summed E-state index contributed by atoms with van der Waals surface area (Å²) in [7, 11) is 0. The summed E-state index contributed by atoms with van der Waals surface area (Å²) in [5, 5.41) is 6.03. The Morgan fingerprint density at radius 3 is 2.70 bits per heavy atom. The minimum Gasteiger partial charge on any atom is -0.379 e. The van der Waals surface area contributed by atoms with Gasteiger partial charge in [-0.05, 0) is 56.1 Å². The summed E-state index contributed by atoms with van der Waals surface area (Å²) in [5.41, 5.74) is 2.61. The molecule has 6 heteroatoms. The van der Waals surface area contributed by atoms with Crippen LogP contribution in [-0.2, 0) is 11.3 Å². The van der Waals surface area contributed by atoms with E-state index >= 15 is 0 Å². The molecule has 2 aromatic rings. The molecule has 0 saturated carbocycles. The summed E-state index contributed by atoms with van der Waals surface area (Å²) in [6.07, 6.45) is 1.76. The molecule has 1 aromatic heterocycles. The number of rotatable bonds is 4. The summed E-state index contributed by atoms with van der Waals surface area (Å²) in [6.45, 7) is 2.08. The number of nitrogens with zero attached hydrogens (tertiary/aromatic N) is 1. The maximum Gasteiger partial charge on any atom is 0.221 e. The largest absolute Gasteiger partial charge is 0.379 e. The molecule has 0 aliphatic rings. The molecule has 1 amide bonds. The Labute approximate surface area is 134 Å². The van der Waals surface area contributed by atoms with Gasteiger partial charge in [-0.2, -0.15) is 0 Å². The molecule has 20 heavy (non-hydrogen) atoms. The quantitative estimate of drug-likeness (QED) is 0.812. The molecule has 0 atom stereocenters. The van der Waals surface area contributed by atoms with Gasteiger partial charge in [-0.3, -0.25) is 9.78 Å². The first-order valence-corrected chi connectivity index (χ1v) is 7.54. The van der Waals surface area contributed by atoms with Gasteiger partial charge in [0.15, 0.2) is 0 Å². The molecule has 0 fully saturated rings. The molecule has 2 N–H and O–H groups in total. The van der Waals surface area contributed by atoms with E-state index in [-0.39, 0.29) is 5.91 Å². The Morgan fingerprint density at radius 2 is 2.00 bits per heavy atom. The number of carbonyl (C=O) groups is 1. The second-order valence-electron chi connectivity index (χ2n) is 4.20. The van der Waals surface area contributed by atoms with Crippen molar-refractivity contribution in [1.82, 2.24) is 4.98 Å². The lowest BCUT2D eigenvalue weighted by molar-refractivity contribution is -0.114. The maximum absolute atomic E-state index is 11.0. The lowest BCUT2D eigenvalue weighted by Gasteiger charge is -2.09. The summed E-state index contributed by atoms with van der Waals surface area (Å²) in [5.74, 6) is -0.0838. The third-order valence-electron chi connectivity index (χ3n) is 2.53. The van der Waals surface area contributed by atoms with E-state index in [1.165, 1.54) is 6.92 Å². The van der Waals surface area contributed by atoms with Crippen LogP contribution in [0.1, 0.15) is 12.6 Å². The average molecular weight is 399 g/mol. The van der Waals surface area contributed by atoms with Crippen molar-refractivity contribution in [2.75, 3.05) is 10.6 Å². The highest BCUT2D eigenvalue weighted by Gasteiger charge is 2.03. The fraction of sp³-hybridized carbons (Fsp3) is 0.143. The van der Waals surface area contributed by atoms with E-state index < -0.39 is 0 Å². The molecule has 1 heterocycles. The van der Waals surface area contributed by atoms with E-state index in [4.69, 9.17) is 0 Å². The first-order chi connectivity index (χ1) is 9.54. The van der Waals surface area contributed by atoms with Crippen LogP contribution in [0, 0.1) is 0 Å². The van der Waals surface area contributed by atoms with E-state index in [0.29, 0.717) is 6.54 Å². The molecule has 0 aliphatic carbocycles. The highest BCUT2D eigenvalue weighted by molar-refractivity contribution is 9.11. The number of carbonyl (C=O) groups excluding carboxylic acids is 1. The Bertz CT molecular complexity index is 632. The molecular formula is C14H13Br2N3O. The SMILES string of the molecule is CC(=O)Nc1cccc(NCc2ncc(Br)cc2Br)c1. The Kier molecular flexibility index (Phi) is 5.14. The third-order valence-corrected chi connectivity index (χ3v) is 3.65. The predicted molar refractivity (Wildman–Crippen MR) is 87.7 cm³/mol.